The summed E-state index contributed by atoms with van der Waals surface area (Å²) in [6.07, 6.45) is 9.16. The Balaban J connectivity index is 0.00000147. The van der Waals surface area contributed by atoms with Crippen LogP contribution in [0, 0.1) is 0 Å². The SMILES string of the molecule is Cl.O=C(CCC1CCCCO1)N1CCC2CCC(C1)N2. The molecule has 3 saturated heterocycles. The molecule has 0 spiro atoms. The zero-order chi connectivity index (χ0) is 13.1. The van der Waals surface area contributed by atoms with E-state index in [0.29, 0.717) is 30.5 Å². The van der Waals surface area contributed by atoms with Crippen LogP contribution in [0.1, 0.15) is 51.4 Å². The van der Waals surface area contributed by atoms with Crippen LogP contribution in [0.25, 0.3) is 0 Å². The third kappa shape index (κ3) is 4.09. The van der Waals surface area contributed by atoms with Gasteiger partial charge in [-0.25, -0.2) is 0 Å². The molecule has 0 aromatic carbocycles. The smallest absolute Gasteiger partial charge is 0.222 e. The van der Waals surface area contributed by atoms with Gasteiger partial charge in [0.1, 0.15) is 0 Å². The number of amides is 1. The lowest BCUT2D eigenvalue weighted by molar-refractivity contribution is -0.132. The van der Waals surface area contributed by atoms with E-state index in [2.05, 4.69) is 10.2 Å². The van der Waals surface area contributed by atoms with Crippen molar-refractivity contribution in [3.63, 3.8) is 0 Å². The summed E-state index contributed by atoms with van der Waals surface area (Å²) >= 11 is 0. The van der Waals surface area contributed by atoms with Crippen LogP contribution < -0.4 is 5.32 Å². The van der Waals surface area contributed by atoms with Crippen molar-refractivity contribution in [2.45, 2.75) is 69.6 Å². The van der Waals surface area contributed by atoms with Crippen molar-refractivity contribution in [1.82, 2.24) is 10.2 Å². The van der Waals surface area contributed by atoms with E-state index >= 15 is 0 Å². The number of carbonyl (C=O) groups is 1. The number of halogens is 1. The fourth-order valence-corrected chi connectivity index (χ4v) is 3.65. The van der Waals surface area contributed by atoms with Crippen LogP contribution in [0.4, 0.5) is 0 Å². The topological polar surface area (TPSA) is 41.6 Å². The predicted octanol–water partition coefficient (Wildman–Crippen LogP) is 2.11. The Labute approximate surface area is 128 Å². The van der Waals surface area contributed by atoms with Gasteiger partial charge in [0.25, 0.3) is 0 Å². The maximum Gasteiger partial charge on any atom is 0.222 e. The van der Waals surface area contributed by atoms with Crippen LogP contribution in [0.3, 0.4) is 0 Å². The van der Waals surface area contributed by atoms with Crippen LogP contribution >= 0.6 is 12.4 Å². The van der Waals surface area contributed by atoms with Gasteiger partial charge in [-0.15, -0.1) is 12.4 Å². The molecule has 3 aliphatic rings. The monoisotopic (exact) mass is 302 g/mol. The van der Waals surface area contributed by atoms with E-state index in [1.165, 1.54) is 25.7 Å². The molecule has 0 aliphatic carbocycles. The van der Waals surface area contributed by atoms with Crippen molar-refractivity contribution in [1.29, 1.82) is 0 Å². The number of carbonyl (C=O) groups excluding carboxylic acids is 1. The van der Waals surface area contributed by atoms with E-state index in [0.717, 1.165) is 39.0 Å². The minimum absolute atomic E-state index is 0. The van der Waals surface area contributed by atoms with Crippen molar-refractivity contribution < 1.29 is 9.53 Å². The number of fused-ring (bicyclic) bond motifs is 2. The molecular formula is C15H27ClN2O2. The molecule has 3 heterocycles. The number of nitrogens with one attached hydrogen (secondary N) is 1. The number of hydrogen-bond acceptors (Lipinski definition) is 3. The molecule has 3 unspecified atom stereocenters. The van der Waals surface area contributed by atoms with Gasteiger partial charge in [-0.05, 0) is 44.9 Å². The number of nitrogens with zero attached hydrogens (tertiary/aromatic N) is 1. The molecule has 0 radical (unpaired) electrons. The van der Waals surface area contributed by atoms with Crippen molar-refractivity contribution in [2.24, 2.45) is 0 Å². The summed E-state index contributed by atoms with van der Waals surface area (Å²) in [6, 6.07) is 1.20. The highest BCUT2D eigenvalue weighted by molar-refractivity contribution is 5.85. The lowest BCUT2D eigenvalue weighted by Crippen LogP contribution is -2.39. The second-order valence-corrected chi connectivity index (χ2v) is 6.29. The average molecular weight is 303 g/mol. The Morgan fingerprint density at radius 2 is 2.00 bits per heavy atom. The first kappa shape index (κ1) is 16.1. The molecule has 4 nitrogen and oxygen atoms in total. The van der Waals surface area contributed by atoms with E-state index in [9.17, 15) is 4.79 Å². The molecular weight excluding hydrogens is 276 g/mol. The first-order valence-corrected chi connectivity index (χ1v) is 7.96. The van der Waals surface area contributed by atoms with Crippen LogP contribution in [-0.2, 0) is 9.53 Å². The van der Waals surface area contributed by atoms with Crippen molar-refractivity contribution in [3.8, 4) is 0 Å². The van der Waals surface area contributed by atoms with Crippen LogP contribution in [0.5, 0.6) is 0 Å². The van der Waals surface area contributed by atoms with E-state index in [1.54, 1.807) is 0 Å². The van der Waals surface area contributed by atoms with Gasteiger partial charge in [0.05, 0.1) is 6.10 Å². The summed E-state index contributed by atoms with van der Waals surface area (Å²) in [5.41, 5.74) is 0. The molecule has 0 saturated carbocycles. The summed E-state index contributed by atoms with van der Waals surface area (Å²) in [5.74, 6) is 0.337. The summed E-state index contributed by atoms with van der Waals surface area (Å²) in [4.78, 5) is 14.4. The summed E-state index contributed by atoms with van der Waals surface area (Å²) in [7, 11) is 0. The second-order valence-electron chi connectivity index (χ2n) is 6.29. The number of likely N-dealkylation sites (tertiary alicyclic amines) is 1. The third-order valence-corrected chi connectivity index (χ3v) is 4.83. The van der Waals surface area contributed by atoms with E-state index < -0.39 is 0 Å². The number of ether oxygens (including phenoxy) is 1. The Bertz CT molecular complexity index is 321. The minimum atomic E-state index is 0. The second kappa shape index (κ2) is 7.62. The lowest BCUT2D eigenvalue weighted by Gasteiger charge is -2.26. The normalized spacial score (nSPS) is 33.4. The highest BCUT2D eigenvalue weighted by Gasteiger charge is 2.31. The lowest BCUT2D eigenvalue weighted by atomic mass is 10.0. The summed E-state index contributed by atoms with van der Waals surface area (Å²) in [6.45, 7) is 2.75. The number of hydrogen-bond donors (Lipinski definition) is 1. The molecule has 20 heavy (non-hydrogen) atoms. The molecule has 0 aromatic rings. The van der Waals surface area contributed by atoms with E-state index in [4.69, 9.17) is 4.74 Å². The maximum atomic E-state index is 12.3. The van der Waals surface area contributed by atoms with Crippen LogP contribution in [0.2, 0.25) is 0 Å². The third-order valence-electron chi connectivity index (χ3n) is 4.83. The molecule has 3 aliphatic heterocycles. The highest BCUT2D eigenvalue weighted by atomic mass is 35.5. The fraction of sp³-hybridized carbons (Fsp3) is 0.933. The van der Waals surface area contributed by atoms with Gasteiger partial charge in [0.2, 0.25) is 5.91 Å². The van der Waals surface area contributed by atoms with Gasteiger partial charge < -0.3 is 15.0 Å². The van der Waals surface area contributed by atoms with Gasteiger partial charge in [0, 0.05) is 38.2 Å². The molecule has 3 rings (SSSR count). The molecule has 0 aromatic heterocycles. The molecule has 1 amide bonds. The highest BCUT2D eigenvalue weighted by Crippen LogP contribution is 2.22. The van der Waals surface area contributed by atoms with Gasteiger partial charge in [-0.1, -0.05) is 0 Å². The van der Waals surface area contributed by atoms with E-state index in [1.807, 2.05) is 0 Å². The maximum absolute atomic E-state index is 12.3. The summed E-state index contributed by atoms with van der Waals surface area (Å²) < 4.78 is 5.71. The van der Waals surface area contributed by atoms with Crippen molar-refractivity contribution in [3.05, 3.63) is 0 Å². The first-order chi connectivity index (χ1) is 9.31. The Hall–Kier alpha value is -0.320. The number of rotatable bonds is 3. The van der Waals surface area contributed by atoms with E-state index in [-0.39, 0.29) is 12.4 Å². The molecule has 5 heteroatoms. The zero-order valence-corrected chi connectivity index (χ0v) is 13.0. The molecule has 3 fully saturated rings. The molecule has 116 valence electrons. The Morgan fingerprint density at radius 1 is 1.15 bits per heavy atom. The quantitative estimate of drug-likeness (QED) is 0.868. The first-order valence-electron chi connectivity index (χ1n) is 7.96. The van der Waals surface area contributed by atoms with Gasteiger partial charge in [0.15, 0.2) is 0 Å². The molecule has 3 atom stereocenters. The summed E-state index contributed by atoms with van der Waals surface area (Å²) in [5, 5.41) is 3.62. The van der Waals surface area contributed by atoms with Gasteiger partial charge >= 0.3 is 0 Å². The van der Waals surface area contributed by atoms with Gasteiger partial charge in [-0.3, -0.25) is 4.79 Å². The van der Waals surface area contributed by atoms with Crippen LogP contribution in [0.15, 0.2) is 0 Å². The molecule has 1 N–H and O–H groups in total. The Morgan fingerprint density at radius 3 is 2.80 bits per heavy atom. The van der Waals surface area contributed by atoms with Gasteiger partial charge in [-0.2, -0.15) is 0 Å². The zero-order valence-electron chi connectivity index (χ0n) is 12.2. The van der Waals surface area contributed by atoms with Crippen molar-refractivity contribution >= 4 is 18.3 Å². The largest absolute Gasteiger partial charge is 0.378 e. The van der Waals surface area contributed by atoms with Crippen LogP contribution in [-0.4, -0.2) is 48.7 Å². The Kier molecular flexibility index (Phi) is 6.12. The standard InChI is InChI=1S/C15H26N2O2.ClH/c18-15(7-6-14-3-1-2-10-19-14)17-9-8-12-4-5-13(11-17)16-12;/h12-14,16H,1-11H2;1H. The minimum Gasteiger partial charge on any atom is -0.378 e. The van der Waals surface area contributed by atoms with Crippen molar-refractivity contribution in [2.75, 3.05) is 19.7 Å². The predicted molar refractivity (Wildman–Crippen MR) is 81.2 cm³/mol. The fourth-order valence-electron chi connectivity index (χ4n) is 3.65. The average Bonchev–Trinajstić information content (AvgIpc) is 2.77. The molecule has 2 bridgehead atoms.